The molecule has 1 rings (SSSR count). The molecule has 4 heteroatoms. The number of carbonyl (C=O) groups is 1. The molecule has 0 aliphatic carbocycles. The zero-order valence-corrected chi connectivity index (χ0v) is 7.57. The highest BCUT2D eigenvalue weighted by molar-refractivity contribution is 5.85. The fraction of sp³-hybridized carbons (Fsp3) is 0.857. The Morgan fingerprint density at radius 1 is 1.64 bits per heavy atom. The van der Waals surface area contributed by atoms with E-state index in [-0.39, 0.29) is 23.9 Å². The molecule has 0 bridgehead atoms. The zero-order valence-electron chi connectivity index (χ0n) is 6.76. The number of halogens is 1. The average Bonchev–Trinajstić information content (AvgIpc) is 2.10. The third-order valence-electron chi connectivity index (χ3n) is 1.88. The van der Waals surface area contributed by atoms with E-state index >= 15 is 0 Å². The lowest BCUT2D eigenvalue weighted by Crippen LogP contribution is -2.29. The average molecular weight is 180 g/mol. The molecule has 1 aliphatic heterocycles. The van der Waals surface area contributed by atoms with E-state index in [4.69, 9.17) is 5.11 Å². The van der Waals surface area contributed by atoms with E-state index in [1.807, 2.05) is 0 Å². The van der Waals surface area contributed by atoms with E-state index in [9.17, 15) is 4.79 Å². The van der Waals surface area contributed by atoms with Gasteiger partial charge in [0, 0.05) is 6.54 Å². The summed E-state index contributed by atoms with van der Waals surface area (Å²) in [5.74, 6) is -0.731. The van der Waals surface area contributed by atoms with Crippen LogP contribution in [0.4, 0.5) is 0 Å². The van der Waals surface area contributed by atoms with E-state index in [2.05, 4.69) is 19.2 Å². The quantitative estimate of drug-likeness (QED) is 0.629. The van der Waals surface area contributed by atoms with Crippen molar-refractivity contribution in [1.82, 2.24) is 5.32 Å². The minimum atomic E-state index is -0.731. The molecule has 1 atom stereocenters. The molecule has 3 nitrogen and oxygen atoms in total. The molecular weight excluding hydrogens is 166 g/mol. The number of aliphatic carboxylic acids is 1. The third kappa shape index (κ3) is 2.67. The Bertz CT molecular complexity index is 159. The van der Waals surface area contributed by atoms with Gasteiger partial charge >= 0.3 is 5.97 Å². The predicted octanol–water partition coefficient (Wildman–Crippen LogP) is 0.881. The molecule has 0 aromatic rings. The Kier molecular flexibility index (Phi) is 3.32. The molecule has 0 aromatic carbocycles. The smallest absolute Gasteiger partial charge is 0.320 e. The highest BCUT2D eigenvalue weighted by atomic mass is 35.5. The summed E-state index contributed by atoms with van der Waals surface area (Å²) in [7, 11) is 0. The maximum absolute atomic E-state index is 10.4. The van der Waals surface area contributed by atoms with Crippen LogP contribution in [0.25, 0.3) is 0 Å². The van der Waals surface area contributed by atoms with Gasteiger partial charge in [0.05, 0.1) is 0 Å². The number of hydrogen-bond donors (Lipinski definition) is 2. The highest BCUT2D eigenvalue weighted by Gasteiger charge is 2.34. The van der Waals surface area contributed by atoms with Gasteiger partial charge in [0.1, 0.15) is 6.04 Å². The van der Waals surface area contributed by atoms with Gasteiger partial charge in [-0.1, -0.05) is 13.8 Å². The van der Waals surface area contributed by atoms with Crippen LogP contribution in [0.5, 0.6) is 0 Å². The second-order valence-electron chi connectivity index (χ2n) is 3.64. The summed E-state index contributed by atoms with van der Waals surface area (Å²) >= 11 is 0. The molecule has 0 amide bonds. The van der Waals surface area contributed by atoms with Crippen LogP contribution in [0.1, 0.15) is 20.3 Å². The number of rotatable bonds is 1. The lowest BCUT2D eigenvalue weighted by molar-refractivity contribution is -0.139. The Labute approximate surface area is 72.6 Å². The fourth-order valence-corrected chi connectivity index (χ4v) is 1.27. The molecule has 0 radical (unpaired) electrons. The number of carboxylic acid groups (broad SMARTS) is 1. The maximum Gasteiger partial charge on any atom is 0.320 e. The zero-order chi connectivity index (χ0) is 7.78. The molecule has 2 N–H and O–H groups in total. The number of carboxylic acids is 1. The van der Waals surface area contributed by atoms with Gasteiger partial charge in [0.25, 0.3) is 0 Å². The first-order chi connectivity index (χ1) is 4.51. The van der Waals surface area contributed by atoms with Crippen molar-refractivity contribution in [2.24, 2.45) is 5.41 Å². The molecule has 0 aromatic heterocycles. The molecule has 66 valence electrons. The topological polar surface area (TPSA) is 49.3 Å². The number of nitrogens with one attached hydrogen (secondary N) is 1. The van der Waals surface area contributed by atoms with E-state index in [1.165, 1.54) is 0 Å². The van der Waals surface area contributed by atoms with Crippen molar-refractivity contribution >= 4 is 18.4 Å². The molecule has 1 fully saturated rings. The Morgan fingerprint density at radius 3 is 2.36 bits per heavy atom. The molecule has 1 unspecified atom stereocenters. The molecule has 1 saturated heterocycles. The molecular formula is C7H14ClNO2. The van der Waals surface area contributed by atoms with Crippen molar-refractivity contribution in [1.29, 1.82) is 0 Å². The van der Waals surface area contributed by atoms with E-state index < -0.39 is 5.97 Å². The fourth-order valence-electron chi connectivity index (χ4n) is 1.27. The second kappa shape index (κ2) is 3.41. The van der Waals surface area contributed by atoms with Crippen LogP contribution in [0.15, 0.2) is 0 Å². The van der Waals surface area contributed by atoms with Crippen LogP contribution in [-0.2, 0) is 4.79 Å². The van der Waals surface area contributed by atoms with E-state index in [0.717, 1.165) is 13.0 Å². The van der Waals surface area contributed by atoms with Crippen LogP contribution >= 0.6 is 12.4 Å². The summed E-state index contributed by atoms with van der Waals surface area (Å²) in [4.78, 5) is 10.4. The third-order valence-corrected chi connectivity index (χ3v) is 1.88. The van der Waals surface area contributed by atoms with Gasteiger partial charge in [-0.25, -0.2) is 0 Å². The Morgan fingerprint density at radius 2 is 2.18 bits per heavy atom. The van der Waals surface area contributed by atoms with Gasteiger partial charge in [-0.15, -0.1) is 12.4 Å². The monoisotopic (exact) mass is 179 g/mol. The van der Waals surface area contributed by atoms with Gasteiger partial charge in [-0.05, 0) is 11.8 Å². The highest BCUT2D eigenvalue weighted by Crippen LogP contribution is 2.26. The van der Waals surface area contributed by atoms with Crippen molar-refractivity contribution in [2.45, 2.75) is 26.3 Å². The van der Waals surface area contributed by atoms with Crippen molar-refractivity contribution in [2.75, 3.05) is 6.54 Å². The van der Waals surface area contributed by atoms with Crippen molar-refractivity contribution in [3.05, 3.63) is 0 Å². The summed E-state index contributed by atoms with van der Waals surface area (Å²) < 4.78 is 0. The standard InChI is InChI=1S/C7H13NO2.ClH/c1-7(2)3-5(6(9)10)8-4-7;/h5,8H,3-4H2,1-2H3,(H,9,10);1H. The van der Waals surface area contributed by atoms with E-state index in [0.29, 0.717) is 0 Å². The first-order valence-electron chi connectivity index (χ1n) is 3.47. The van der Waals surface area contributed by atoms with Gasteiger partial charge in [0.15, 0.2) is 0 Å². The van der Waals surface area contributed by atoms with Crippen LogP contribution in [0, 0.1) is 5.41 Å². The van der Waals surface area contributed by atoms with Crippen molar-refractivity contribution < 1.29 is 9.90 Å². The second-order valence-corrected chi connectivity index (χ2v) is 3.64. The first-order valence-corrected chi connectivity index (χ1v) is 3.47. The summed E-state index contributed by atoms with van der Waals surface area (Å²) in [6, 6.07) is -0.324. The normalized spacial score (nSPS) is 27.6. The first kappa shape index (κ1) is 10.7. The Balaban J connectivity index is 0.000001000. The van der Waals surface area contributed by atoms with Crippen LogP contribution in [-0.4, -0.2) is 23.7 Å². The molecule has 1 aliphatic rings. The lowest BCUT2D eigenvalue weighted by atomic mass is 9.91. The summed E-state index contributed by atoms with van der Waals surface area (Å²) in [6.07, 6.45) is 0.738. The molecule has 0 spiro atoms. The Hall–Kier alpha value is -0.280. The predicted molar refractivity (Wildman–Crippen MR) is 45.1 cm³/mol. The van der Waals surface area contributed by atoms with Gasteiger partial charge in [-0.3, -0.25) is 4.79 Å². The summed E-state index contributed by atoms with van der Waals surface area (Å²) in [6.45, 7) is 4.95. The maximum atomic E-state index is 10.4. The minimum absolute atomic E-state index is 0. The van der Waals surface area contributed by atoms with E-state index in [1.54, 1.807) is 0 Å². The van der Waals surface area contributed by atoms with Gasteiger partial charge in [0.2, 0.25) is 0 Å². The largest absolute Gasteiger partial charge is 0.480 e. The van der Waals surface area contributed by atoms with Crippen LogP contribution in [0.3, 0.4) is 0 Å². The minimum Gasteiger partial charge on any atom is -0.480 e. The van der Waals surface area contributed by atoms with Crippen LogP contribution in [0.2, 0.25) is 0 Å². The van der Waals surface area contributed by atoms with Crippen LogP contribution < -0.4 is 5.32 Å². The van der Waals surface area contributed by atoms with Gasteiger partial charge in [-0.2, -0.15) is 0 Å². The SMILES string of the molecule is CC1(C)CNC(C(=O)O)C1.Cl. The lowest BCUT2D eigenvalue weighted by Gasteiger charge is -2.13. The molecule has 1 heterocycles. The molecule has 11 heavy (non-hydrogen) atoms. The van der Waals surface area contributed by atoms with Crippen molar-refractivity contribution in [3.63, 3.8) is 0 Å². The summed E-state index contributed by atoms with van der Waals surface area (Å²) in [5, 5.41) is 11.5. The summed E-state index contributed by atoms with van der Waals surface area (Å²) in [5.41, 5.74) is 0.156. The number of hydrogen-bond acceptors (Lipinski definition) is 2. The van der Waals surface area contributed by atoms with Gasteiger partial charge < -0.3 is 10.4 Å². The van der Waals surface area contributed by atoms with Crippen molar-refractivity contribution in [3.8, 4) is 0 Å². The molecule has 0 saturated carbocycles.